The molecule has 0 spiro atoms. The maximum atomic E-state index is 11.1. The van der Waals surface area contributed by atoms with Crippen molar-refractivity contribution in [1.29, 1.82) is 0 Å². The van der Waals surface area contributed by atoms with E-state index in [1.165, 1.54) is 0 Å². The lowest BCUT2D eigenvalue weighted by atomic mass is 10.2. The van der Waals surface area contributed by atoms with Crippen LogP contribution in [-0.2, 0) is 11.3 Å². The number of aromatic nitrogens is 1. The van der Waals surface area contributed by atoms with Crippen LogP contribution in [0.4, 0.5) is 4.79 Å². The first-order valence-electron chi connectivity index (χ1n) is 4.73. The highest BCUT2D eigenvalue weighted by Crippen LogP contribution is 1.98. The molecule has 6 heteroatoms. The minimum Gasteiger partial charge on any atom is -0.480 e. The lowest BCUT2D eigenvalue weighted by molar-refractivity contribution is -0.135. The Bertz CT molecular complexity index is 375. The van der Waals surface area contributed by atoms with E-state index in [0.717, 1.165) is 11.3 Å². The van der Waals surface area contributed by atoms with Crippen LogP contribution in [0.2, 0.25) is 0 Å². The molecule has 0 aromatic carbocycles. The standard InChI is InChI=1S/C10H13N3O3/c1-7-2-3-8(4-11-7)5-12-10(16)13-6-9(14)15/h2-4H,5-6H2,1H3,(H,14,15)(H2,12,13,16). The molecule has 0 aliphatic carbocycles. The predicted octanol–water partition coefficient (Wildman–Crippen LogP) is 0.274. The van der Waals surface area contributed by atoms with Gasteiger partial charge < -0.3 is 15.7 Å². The van der Waals surface area contributed by atoms with Gasteiger partial charge in [0.05, 0.1) is 0 Å². The van der Waals surface area contributed by atoms with Crippen molar-refractivity contribution in [3.63, 3.8) is 0 Å². The second kappa shape index (κ2) is 5.69. The molecule has 0 saturated carbocycles. The monoisotopic (exact) mass is 223 g/mol. The Hall–Kier alpha value is -2.11. The molecular formula is C10H13N3O3. The summed E-state index contributed by atoms with van der Waals surface area (Å²) in [6, 6.07) is 3.18. The fraction of sp³-hybridized carbons (Fsp3) is 0.300. The number of carboxylic acids is 1. The lowest BCUT2D eigenvalue weighted by Gasteiger charge is -2.05. The number of aliphatic carboxylic acids is 1. The van der Waals surface area contributed by atoms with Crippen molar-refractivity contribution >= 4 is 12.0 Å². The molecule has 0 atom stereocenters. The molecule has 86 valence electrons. The molecule has 16 heavy (non-hydrogen) atoms. The highest BCUT2D eigenvalue weighted by atomic mass is 16.4. The van der Waals surface area contributed by atoms with Gasteiger partial charge >= 0.3 is 12.0 Å². The van der Waals surface area contributed by atoms with Gasteiger partial charge in [0.1, 0.15) is 6.54 Å². The molecule has 3 N–H and O–H groups in total. The third-order valence-electron chi connectivity index (χ3n) is 1.83. The maximum Gasteiger partial charge on any atom is 0.323 e. The van der Waals surface area contributed by atoms with Crippen LogP contribution >= 0.6 is 0 Å². The zero-order chi connectivity index (χ0) is 12.0. The van der Waals surface area contributed by atoms with E-state index in [-0.39, 0.29) is 0 Å². The van der Waals surface area contributed by atoms with Crippen LogP contribution in [0.15, 0.2) is 18.3 Å². The SMILES string of the molecule is Cc1ccc(CNC(=O)NCC(=O)O)cn1. The smallest absolute Gasteiger partial charge is 0.323 e. The number of hydrogen-bond acceptors (Lipinski definition) is 3. The van der Waals surface area contributed by atoms with E-state index in [9.17, 15) is 9.59 Å². The van der Waals surface area contributed by atoms with Crippen molar-refractivity contribution in [1.82, 2.24) is 15.6 Å². The Morgan fingerprint density at radius 1 is 1.38 bits per heavy atom. The average molecular weight is 223 g/mol. The number of nitrogens with one attached hydrogen (secondary N) is 2. The zero-order valence-corrected chi connectivity index (χ0v) is 8.86. The second-order valence-corrected chi connectivity index (χ2v) is 3.24. The van der Waals surface area contributed by atoms with Gasteiger partial charge in [-0.15, -0.1) is 0 Å². The first-order chi connectivity index (χ1) is 7.58. The van der Waals surface area contributed by atoms with Gasteiger partial charge in [0, 0.05) is 18.4 Å². The number of carbonyl (C=O) groups is 2. The number of nitrogens with zero attached hydrogens (tertiary/aromatic N) is 1. The summed E-state index contributed by atoms with van der Waals surface area (Å²) in [7, 11) is 0. The number of amides is 2. The molecule has 1 aromatic heterocycles. The van der Waals surface area contributed by atoms with Crippen molar-refractivity contribution < 1.29 is 14.7 Å². The van der Waals surface area contributed by atoms with E-state index >= 15 is 0 Å². The van der Waals surface area contributed by atoms with Crippen LogP contribution in [0.25, 0.3) is 0 Å². The lowest BCUT2D eigenvalue weighted by Crippen LogP contribution is -2.38. The summed E-state index contributed by atoms with van der Waals surface area (Å²) < 4.78 is 0. The van der Waals surface area contributed by atoms with Gasteiger partial charge in [0.25, 0.3) is 0 Å². The van der Waals surface area contributed by atoms with Gasteiger partial charge in [-0.3, -0.25) is 9.78 Å². The first-order valence-corrected chi connectivity index (χ1v) is 4.73. The molecule has 2 amide bonds. The molecule has 1 heterocycles. The molecule has 0 saturated heterocycles. The highest BCUT2D eigenvalue weighted by molar-refractivity contribution is 5.79. The number of aryl methyl sites for hydroxylation is 1. The zero-order valence-electron chi connectivity index (χ0n) is 8.86. The molecule has 0 radical (unpaired) electrons. The third kappa shape index (κ3) is 4.41. The van der Waals surface area contributed by atoms with Crippen LogP contribution < -0.4 is 10.6 Å². The summed E-state index contributed by atoms with van der Waals surface area (Å²) in [6.45, 7) is 1.80. The average Bonchev–Trinajstić information content (AvgIpc) is 2.25. The minimum atomic E-state index is -1.08. The molecule has 0 aliphatic heterocycles. The Balaban J connectivity index is 2.31. The van der Waals surface area contributed by atoms with Crippen molar-refractivity contribution in [2.45, 2.75) is 13.5 Å². The van der Waals surface area contributed by atoms with E-state index in [4.69, 9.17) is 5.11 Å². The van der Waals surface area contributed by atoms with Crippen LogP contribution in [0.5, 0.6) is 0 Å². The summed E-state index contributed by atoms with van der Waals surface area (Å²) in [6.07, 6.45) is 1.66. The number of urea groups is 1. The predicted molar refractivity (Wildman–Crippen MR) is 56.8 cm³/mol. The summed E-state index contributed by atoms with van der Waals surface area (Å²) in [4.78, 5) is 25.3. The highest BCUT2D eigenvalue weighted by Gasteiger charge is 2.02. The van der Waals surface area contributed by atoms with E-state index < -0.39 is 18.5 Å². The second-order valence-electron chi connectivity index (χ2n) is 3.24. The van der Waals surface area contributed by atoms with Crippen molar-refractivity contribution in [2.24, 2.45) is 0 Å². The summed E-state index contributed by atoms with van der Waals surface area (Å²) >= 11 is 0. The Labute approximate surface area is 92.7 Å². The fourth-order valence-electron chi connectivity index (χ4n) is 1.00. The fourth-order valence-corrected chi connectivity index (χ4v) is 1.00. The van der Waals surface area contributed by atoms with Crippen molar-refractivity contribution in [2.75, 3.05) is 6.54 Å². The van der Waals surface area contributed by atoms with E-state index in [2.05, 4.69) is 15.6 Å². The normalized spacial score (nSPS) is 9.56. The number of pyridine rings is 1. The molecule has 0 unspecified atom stereocenters. The van der Waals surface area contributed by atoms with E-state index in [0.29, 0.717) is 6.54 Å². The van der Waals surface area contributed by atoms with Crippen molar-refractivity contribution in [3.8, 4) is 0 Å². The van der Waals surface area contributed by atoms with Gasteiger partial charge in [-0.2, -0.15) is 0 Å². The number of rotatable bonds is 4. The molecule has 0 aliphatic rings. The molecular weight excluding hydrogens is 210 g/mol. The molecule has 1 rings (SSSR count). The van der Waals surface area contributed by atoms with Gasteiger partial charge in [-0.25, -0.2) is 4.79 Å². The van der Waals surface area contributed by atoms with Crippen LogP contribution in [0, 0.1) is 6.92 Å². The summed E-state index contributed by atoms with van der Waals surface area (Å²) in [5.74, 6) is -1.08. The summed E-state index contributed by atoms with van der Waals surface area (Å²) in [5, 5.41) is 13.0. The van der Waals surface area contributed by atoms with Gasteiger partial charge in [-0.1, -0.05) is 6.07 Å². The van der Waals surface area contributed by atoms with Gasteiger partial charge in [0.15, 0.2) is 0 Å². The Kier molecular flexibility index (Phi) is 4.26. The van der Waals surface area contributed by atoms with Crippen molar-refractivity contribution in [3.05, 3.63) is 29.6 Å². The molecule has 1 aromatic rings. The topological polar surface area (TPSA) is 91.3 Å². The quantitative estimate of drug-likeness (QED) is 0.683. The first kappa shape index (κ1) is 12.0. The number of carbonyl (C=O) groups excluding carboxylic acids is 1. The van der Waals surface area contributed by atoms with E-state index in [1.54, 1.807) is 6.20 Å². The molecule has 0 bridgehead atoms. The third-order valence-corrected chi connectivity index (χ3v) is 1.83. The minimum absolute atomic E-state index is 0.318. The van der Waals surface area contributed by atoms with Crippen LogP contribution in [0.3, 0.4) is 0 Å². The van der Waals surface area contributed by atoms with Crippen LogP contribution in [-0.4, -0.2) is 28.6 Å². The molecule has 6 nitrogen and oxygen atoms in total. The van der Waals surface area contributed by atoms with Crippen LogP contribution in [0.1, 0.15) is 11.3 Å². The molecule has 0 fully saturated rings. The van der Waals surface area contributed by atoms with E-state index in [1.807, 2.05) is 19.1 Å². The largest absolute Gasteiger partial charge is 0.480 e. The van der Waals surface area contributed by atoms with Gasteiger partial charge in [-0.05, 0) is 18.6 Å². The Morgan fingerprint density at radius 3 is 2.69 bits per heavy atom. The number of carboxylic acid groups (broad SMARTS) is 1. The Morgan fingerprint density at radius 2 is 2.12 bits per heavy atom. The maximum absolute atomic E-state index is 11.1. The number of hydrogen-bond donors (Lipinski definition) is 3. The summed E-state index contributed by atoms with van der Waals surface area (Å²) in [5.41, 5.74) is 1.76. The van der Waals surface area contributed by atoms with Gasteiger partial charge in [0.2, 0.25) is 0 Å².